The van der Waals surface area contributed by atoms with Gasteiger partial charge in [-0.25, -0.2) is 14.8 Å². The number of carbonyl (C=O) groups excluding carboxylic acids is 3. The number of aliphatic hydroxyl groups is 2. The topological polar surface area (TPSA) is 249 Å². The van der Waals surface area contributed by atoms with E-state index in [1.165, 1.54) is 97.1 Å². The van der Waals surface area contributed by atoms with Crippen LogP contribution in [0.25, 0.3) is 0 Å². The predicted molar refractivity (Wildman–Crippen MR) is 191 cm³/mol. The van der Waals surface area contributed by atoms with Gasteiger partial charge in [0, 0.05) is 46.5 Å². The molecule has 4 aliphatic carbocycles. The first kappa shape index (κ1) is 35.6. The first-order chi connectivity index (χ1) is 24.6. The van der Waals surface area contributed by atoms with Gasteiger partial charge in [0.2, 0.25) is 0 Å². The maximum Gasteiger partial charge on any atom is 0.323 e. The second kappa shape index (κ2) is 13.8. The van der Waals surface area contributed by atoms with Gasteiger partial charge in [-0.3, -0.25) is 18.7 Å². The molecule has 0 saturated carbocycles. The lowest BCUT2D eigenvalue weighted by Gasteiger charge is -2.20. The number of hydrogen-bond acceptors (Lipinski definition) is 9. The number of hydrogen-bond donors (Lipinski definition) is 6. The molecule has 6 N–H and O–H groups in total. The number of allylic oxidation sites excluding steroid dienone is 14. The third kappa shape index (κ3) is 7.72. The molecule has 0 atom stereocenters. The molecule has 2 aromatic carbocycles. The van der Waals surface area contributed by atoms with Crippen molar-refractivity contribution < 1.29 is 50.5 Å². The fourth-order valence-corrected chi connectivity index (χ4v) is 6.56. The van der Waals surface area contributed by atoms with Crippen molar-refractivity contribution in [3.05, 3.63) is 152 Å². The number of benzene rings is 2. The maximum atomic E-state index is 13.0. The molecule has 17 heteroatoms. The standard InChI is InChI=1S/C35H26N4O11S2/c40-31-27-17-25(51(45,46)47)11-7-19(27)9-13-29(31)38-33(42)21-3-1-5-23(15-21)36-35(44)37-24-6-2-4-22(16-24)34(43)39-30-14-10-20-8-12-26(52(48,49)50)18-28(20)32(30)41/h1-16,40-41H,17-18H2,(H2,36,37,44)(H,45,46,47)(H,48,49,50). The molecule has 0 heterocycles. The van der Waals surface area contributed by atoms with Crippen LogP contribution in [-0.4, -0.2) is 65.4 Å². The molecule has 264 valence electrons. The van der Waals surface area contributed by atoms with Gasteiger partial charge >= 0.3 is 6.03 Å². The van der Waals surface area contributed by atoms with Crippen LogP contribution in [0.2, 0.25) is 0 Å². The Labute approximate surface area is 296 Å². The van der Waals surface area contributed by atoms with Crippen molar-refractivity contribution in [1.29, 1.82) is 0 Å². The Morgan fingerprint density at radius 2 is 1.00 bits per heavy atom. The first-order valence-corrected chi connectivity index (χ1v) is 18.0. The number of aliphatic imine (C=N–C) groups is 2. The van der Waals surface area contributed by atoms with Crippen molar-refractivity contribution in [3.63, 3.8) is 0 Å². The van der Waals surface area contributed by atoms with Crippen LogP contribution in [0.3, 0.4) is 0 Å². The SMILES string of the molecule is O=C(Nc1cccc(C(=O)N=C2C=CC3=CC=C(S(=O)(=O)O)CC3=C2O)c1)Nc1cccc(C(=O)N=C2C=CC3=CC=C(S(=O)(=O)O)CC3=C2O)c1. The fraction of sp³-hybridized carbons (Fsp3) is 0.0571. The van der Waals surface area contributed by atoms with Crippen LogP contribution in [0, 0.1) is 0 Å². The Morgan fingerprint density at radius 3 is 1.38 bits per heavy atom. The number of rotatable bonds is 6. The molecule has 4 amide bonds. The lowest BCUT2D eigenvalue weighted by atomic mass is 9.91. The van der Waals surface area contributed by atoms with E-state index in [0.717, 1.165) is 0 Å². The third-order valence-corrected chi connectivity index (χ3v) is 9.92. The molecule has 0 bridgehead atoms. The van der Waals surface area contributed by atoms with Gasteiger partial charge in [0.15, 0.2) is 0 Å². The van der Waals surface area contributed by atoms with Gasteiger partial charge in [-0.05, 0) is 71.8 Å². The van der Waals surface area contributed by atoms with Gasteiger partial charge in [0.1, 0.15) is 22.9 Å². The van der Waals surface area contributed by atoms with Crippen LogP contribution in [0.5, 0.6) is 0 Å². The minimum Gasteiger partial charge on any atom is -0.505 e. The summed E-state index contributed by atoms with van der Waals surface area (Å²) in [7, 11) is -8.99. The highest BCUT2D eigenvalue weighted by molar-refractivity contribution is 7.90. The molecule has 0 radical (unpaired) electrons. The van der Waals surface area contributed by atoms with Crippen molar-refractivity contribution in [2.75, 3.05) is 10.6 Å². The van der Waals surface area contributed by atoms with E-state index in [0.29, 0.717) is 11.1 Å². The van der Waals surface area contributed by atoms with E-state index in [9.17, 15) is 50.5 Å². The fourth-order valence-electron chi connectivity index (χ4n) is 5.43. The average molecular weight is 743 g/mol. The number of nitrogens with zero attached hydrogens (tertiary/aromatic N) is 2. The molecular formula is C35H26N4O11S2. The summed E-state index contributed by atoms with van der Waals surface area (Å²) in [5.74, 6) is -2.41. The highest BCUT2D eigenvalue weighted by atomic mass is 32.2. The van der Waals surface area contributed by atoms with Gasteiger partial charge in [-0.2, -0.15) is 16.8 Å². The van der Waals surface area contributed by atoms with E-state index in [4.69, 9.17) is 0 Å². The molecular weight excluding hydrogens is 717 g/mol. The molecule has 6 rings (SSSR count). The van der Waals surface area contributed by atoms with Gasteiger partial charge < -0.3 is 20.8 Å². The minimum atomic E-state index is -4.49. The number of carbonyl (C=O) groups is 3. The van der Waals surface area contributed by atoms with Gasteiger partial charge in [0.25, 0.3) is 32.1 Å². The average Bonchev–Trinajstić information content (AvgIpc) is 3.09. The monoisotopic (exact) mass is 742 g/mol. The van der Waals surface area contributed by atoms with Crippen LogP contribution in [0.15, 0.2) is 151 Å². The van der Waals surface area contributed by atoms with E-state index in [2.05, 4.69) is 20.6 Å². The van der Waals surface area contributed by atoms with Crippen molar-refractivity contribution >= 4 is 60.9 Å². The lowest BCUT2D eigenvalue weighted by molar-refractivity contribution is 0.0994. The van der Waals surface area contributed by atoms with Crippen LogP contribution in [0.1, 0.15) is 33.6 Å². The Kier molecular flexibility index (Phi) is 9.44. The van der Waals surface area contributed by atoms with Crippen molar-refractivity contribution in [1.82, 2.24) is 0 Å². The number of urea groups is 1. The lowest BCUT2D eigenvalue weighted by Crippen LogP contribution is -2.20. The zero-order valence-corrected chi connectivity index (χ0v) is 28.1. The van der Waals surface area contributed by atoms with Crippen molar-refractivity contribution in [3.8, 4) is 0 Å². The van der Waals surface area contributed by atoms with Gasteiger partial charge in [0.05, 0.1) is 9.81 Å². The molecule has 15 nitrogen and oxygen atoms in total. The smallest absolute Gasteiger partial charge is 0.323 e. The van der Waals surface area contributed by atoms with E-state index in [1.54, 1.807) is 0 Å². The summed E-state index contributed by atoms with van der Waals surface area (Å²) in [6, 6.07) is 10.8. The second-order valence-corrected chi connectivity index (χ2v) is 14.4. The molecule has 0 fully saturated rings. The number of anilines is 2. The zero-order valence-electron chi connectivity index (χ0n) is 26.5. The molecule has 0 aliphatic heterocycles. The Bertz CT molecular complexity index is 2360. The van der Waals surface area contributed by atoms with E-state index < -0.39 is 49.6 Å². The number of aliphatic hydroxyl groups excluding tert-OH is 2. The summed E-state index contributed by atoms with van der Waals surface area (Å²) in [5, 5.41) is 26.6. The Balaban J connectivity index is 1.12. The van der Waals surface area contributed by atoms with E-state index in [-0.39, 0.29) is 67.7 Å². The number of nitrogens with one attached hydrogen (secondary N) is 2. The molecule has 2 aromatic rings. The summed E-state index contributed by atoms with van der Waals surface area (Å²) in [6.45, 7) is 0. The minimum absolute atomic E-state index is 0.0442. The predicted octanol–water partition coefficient (Wildman–Crippen LogP) is 5.46. The maximum absolute atomic E-state index is 13.0. The van der Waals surface area contributed by atoms with Gasteiger partial charge in [-0.1, -0.05) is 36.4 Å². The quantitative estimate of drug-likeness (QED) is 0.203. The van der Waals surface area contributed by atoms with Crippen LogP contribution >= 0.6 is 0 Å². The summed E-state index contributed by atoms with van der Waals surface area (Å²) in [4.78, 5) is 46.1. The molecule has 0 aromatic heterocycles. The van der Waals surface area contributed by atoms with Crippen LogP contribution < -0.4 is 10.6 Å². The molecule has 0 saturated heterocycles. The first-order valence-electron chi connectivity index (χ1n) is 15.1. The Morgan fingerprint density at radius 1 is 0.596 bits per heavy atom. The molecule has 0 unspecified atom stereocenters. The number of fused-ring (bicyclic) bond motifs is 2. The van der Waals surface area contributed by atoms with Crippen LogP contribution in [0.4, 0.5) is 16.2 Å². The molecule has 4 aliphatic rings. The summed E-state index contributed by atoms with van der Waals surface area (Å²) in [6.07, 6.45) is 10.5. The zero-order chi connectivity index (χ0) is 37.4. The van der Waals surface area contributed by atoms with E-state index >= 15 is 0 Å². The highest BCUT2D eigenvalue weighted by Crippen LogP contribution is 2.34. The summed E-state index contributed by atoms with van der Waals surface area (Å²) in [5.41, 5.74) is 1.53. The van der Waals surface area contributed by atoms with Crippen LogP contribution in [-0.2, 0) is 20.2 Å². The van der Waals surface area contributed by atoms with Crippen molar-refractivity contribution in [2.24, 2.45) is 9.98 Å². The van der Waals surface area contributed by atoms with Gasteiger partial charge in [-0.15, -0.1) is 0 Å². The molecule has 0 spiro atoms. The summed E-state index contributed by atoms with van der Waals surface area (Å²) >= 11 is 0. The second-order valence-electron chi connectivity index (χ2n) is 11.5. The third-order valence-electron chi connectivity index (χ3n) is 8.04. The highest BCUT2D eigenvalue weighted by Gasteiger charge is 2.28. The van der Waals surface area contributed by atoms with Crippen molar-refractivity contribution in [2.45, 2.75) is 12.8 Å². The molecule has 52 heavy (non-hydrogen) atoms. The Hall–Kier alpha value is -6.27. The normalized spacial score (nSPS) is 18.6. The largest absolute Gasteiger partial charge is 0.505 e. The number of amides is 4. The summed E-state index contributed by atoms with van der Waals surface area (Å²) < 4.78 is 65.1. The van der Waals surface area contributed by atoms with E-state index in [1.807, 2.05) is 0 Å².